The van der Waals surface area contributed by atoms with Gasteiger partial charge in [0.25, 0.3) is 0 Å². The van der Waals surface area contributed by atoms with Crippen molar-refractivity contribution in [3.8, 4) is 0 Å². The molecule has 1 aliphatic rings. The molecular weight excluding hydrogens is 325 g/mol. The highest BCUT2D eigenvalue weighted by Crippen LogP contribution is 2.33. The number of amides is 1. The number of benzene rings is 1. The molecule has 0 aromatic heterocycles. The summed E-state index contributed by atoms with van der Waals surface area (Å²) in [7, 11) is -5.80. The summed E-state index contributed by atoms with van der Waals surface area (Å²) in [6.07, 6.45) is -0.265. The van der Waals surface area contributed by atoms with Crippen molar-refractivity contribution in [2.24, 2.45) is 5.10 Å². The van der Waals surface area contributed by atoms with Gasteiger partial charge < -0.3 is 4.18 Å². The quantitative estimate of drug-likeness (QED) is 0.613. The van der Waals surface area contributed by atoms with Crippen LogP contribution in [0.2, 0.25) is 0 Å². The summed E-state index contributed by atoms with van der Waals surface area (Å²) in [4.78, 5) is 11.5. The summed E-state index contributed by atoms with van der Waals surface area (Å²) in [5.74, 6) is -1.22. The Hall–Kier alpha value is -2.10. The molecule has 1 heterocycles. The van der Waals surface area contributed by atoms with Crippen LogP contribution in [0.4, 0.5) is 13.2 Å². The van der Waals surface area contributed by atoms with Gasteiger partial charge in [0, 0.05) is 6.92 Å². The van der Waals surface area contributed by atoms with Gasteiger partial charge in [0.1, 0.15) is 0 Å². The predicted octanol–water partition coefficient (Wildman–Crippen LogP) is 2.16. The van der Waals surface area contributed by atoms with Gasteiger partial charge in [-0.05, 0) is 5.56 Å². The van der Waals surface area contributed by atoms with E-state index in [2.05, 4.69) is 9.28 Å². The number of halogens is 3. The molecule has 2 rings (SSSR count). The fourth-order valence-electron chi connectivity index (χ4n) is 1.93. The lowest BCUT2D eigenvalue weighted by atomic mass is 10.0. The van der Waals surface area contributed by atoms with Gasteiger partial charge in [0.15, 0.2) is 0 Å². The maximum absolute atomic E-state index is 12.3. The molecular formula is C12H11F3N2O4S. The first-order valence-electron chi connectivity index (χ1n) is 6.05. The van der Waals surface area contributed by atoms with Crippen molar-refractivity contribution in [2.45, 2.75) is 24.9 Å². The van der Waals surface area contributed by atoms with Crippen LogP contribution in [0.15, 0.2) is 35.4 Å². The van der Waals surface area contributed by atoms with Gasteiger partial charge in [0.2, 0.25) is 11.8 Å². The van der Waals surface area contributed by atoms with Crippen LogP contribution in [0.5, 0.6) is 0 Å². The van der Waals surface area contributed by atoms with E-state index >= 15 is 0 Å². The van der Waals surface area contributed by atoms with Crippen LogP contribution in [0.1, 0.15) is 24.9 Å². The van der Waals surface area contributed by atoms with Crippen LogP contribution in [0.25, 0.3) is 0 Å². The number of alkyl halides is 3. The highest BCUT2D eigenvalue weighted by Gasteiger charge is 2.50. The summed E-state index contributed by atoms with van der Waals surface area (Å²) < 4.78 is 62.9. The van der Waals surface area contributed by atoms with Crippen LogP contribution in [-0.4, -0.2) is 30.7 Å². The molecule has 120 valence electrons. The van der Waals surface area contributed by atoms with Crippen molar-refractivity contribution in [3.05, 3.63) is 35.9 Å². The van der Waals surface area contributed by atoms with Crippen molar-refractivity contribution in [1.29, 1.82) is 0 Å². The molecule has 0 aliphatic carbocycles. The fraction of sp³-hybridized carbons (Fsp3) is 0.333. The molecule has 0 fully saturated rings. The summed E-state index contributed by atoms with van der Waals surface area (Å²) >= 11 is 0. The number of hydrogen-bond donors (Lipinski definition) is 0. The van der Waals surface area contributed by atoms with Crippen LogP contribution >= 0.6 is 0 Å². The number of hydrogen-bond acceptors (Lipinski definition) is 5. The molecule has 10 heteroatoms. The van der Waals surface area contributed by atoms with E-state index in [1.54, 1.807) is 30.3 Å². The highest BCUT2D eigenvalue weighted by atomic mass is 32.2. The second-order valence-electron chi connectivity index (χ2n) is 4.47. The second kappa shape index (κ2) is 5.59. The molecule has 0 bridgehead atoms. The molecule has 1 unspecified atom stereocenters. The fourth-order valence-corrected chi connectivity index (χ4v) is 2.38. The highest BCUT2D eigenvalue weighted by molar-refractivity contribution is 7.88. The largest absolute Gasteiger partial charge is 0.534 e. The Morgan fingerprint density at radius 1 is 1.32 bits per heavy atom. The van der Waals surface area contributed by atoms with Crippen LogP contribution in [0, 0.1) is 0 Å². The molecule has 0 radical (unpaired) electrons. The minimum absolute atomic E-state index is 0.265. The first kappa shape index (κ1) is 16.3. The van der Waals surface area contributed by atoms with E-state index < -0.39 is 33.5 Å². The molecule has 0 N–H and O–H groups in total. The monoisotopic (exact) mass is 336 g/mol. The zero-order valence-corrected chi connectivity index (χ0v) is 12.1. The molecule has 1 aromatic rings. The Labute approximate surface area is 124 Å². The first-order chi connectivity index (χ1) is 10.1. The van der Waals surface area contributed by atoms with Gasteiger partial charge in [0.05, 0.1) is 12.5 Å². The van der Waals surface area contributed by atoms with Gasteiger partial charge >= 0.3 is 15.6 Å². The van der Waals surface area contributed by atoms with E-state index in [-0.39, 0.29) is 6.42 Å². The lowest BCUT2D eigenvalue weighted by Gasteiger charge is -2.19. The molecule has 6 nitrogen and oxygen atoms in total. The normalized spacial score (nSPS) is 19.0. The molecule has 1 atom stereocenters. The minimum Gasteiger partial charge on any atom is -0.358 e. The smallest absolute Gasteiger partial charge is 0.358 e. The van der Waals surface area contributed by atoms with Gasteiger partial charge in [-0.25, -0.2) is 5.01 Å². The maximum Gasteiger partial charge on any atom is 0.534 e. The average Bonchev–Trinajstić information content (AvgIpc) is 2.82. The SMILES string of the molecule is CC(=O)N1N=C(OS(=O)(=O)C(F)(F)F)CC1c1ccccc1. The van der Waals surface area contributed by atoms with Crippen LogP contribution in [0.3, 0.4) is 0 Å². The van der Waals surface area contributed by atoms with E-state index in [9.17, 15) is 26.4 Å². The third-order valence-electron chi connectivity index (χ3n) is 2.88. The third-order valence-corrected chi connectivity index (χ3v) is 3.86. The molecule has 1 aliphatic heterocycles. The van der Waals surface area contributed by atoms with E-state index in [1.807, 2.05) is 0 Å². The average molecular weight is 336 g/mol. The van der Waals surface area contributed by atoms with Crippen molar-refractivity contribution in [2.75, 3.05) is 0 Å². The van der Waals surface area contributed by atoms with E-state index in [1.165, 1.54) is 6.92 Å². The van der Waals surface area contributed by atoms with Crippen LogP contribution in [-0.2, 0) is 19.1 Å². The summed E-state index contributed by atoms with van der Waals surface area (Å²) in [5, 5.41) is 4.44. The topological polar surface area (TPSA) is 76.0 Å². The molecule has 1 amide bonds. The molecule has 1 aromatic carbocycles. The number of rotatable bonds is 2. The zero-order chi connectivity index (χ0) is 16.5. The van der Waals surface area contributed by atoms with Gasteiger partial charge in [-0.15, -0.1) is 5.10 Å². The van der Waals surface area contributed by atoms with Gasteiger partial charge in [-0.2, -0.15) is 21.6 Å². The number of hydrazone groups is 1. The van der Waals surface area contributed by atoms with Gasteiger partial charge in [-0.3, -0.25) is 4.79 Å². The Morgan fingerprint density at radius 3 is 2.41 bits per heavy atom. The summed E-state index contributed by atoms with van der Waals surface area (Å²) in [5.41, 5.74) is -4.95. The molecule has 22 heavy (non-hydrogen) atoms. The third kappa shape index (κ3) is 3.21. The molecule has 0 saturated heterocycles. The van der Waals surface area contributed by atoms with Gasteiger partial charge in [-0.1, -0.05) is 30.3 Å². The Balaban J connectivity index is 2.26. The van der Waals surface area contributed by atoms with E-state index in [0.717, 1.165) is 5.01 Å². The zero-order valence-electron chi connectivity index (χ0n) is 11.2. The lowest BCUT2D eigenvalue weighted by molar-refractivity contribution is -0.130. The number of nitrogens with zero attached hydrogens (tertiary/aromatic N) is 2. The minimum atomic E-state index is -5.80. The Morgan fingerprint density at radius 2 is 1.91 bits per heavy atom. The van der Waals surface area contributed by atoms with E-state index in [0.29, 0.717) is 5.56 Å². The number of carbonyl (C=O) groups is 1. The lowest BCUT2D eigenvalue weighted by Crippen LogP contribution is -2.27. The van der Waals surface area contributed by atoms with Crippen molar-refractivity contribution >= 4 is 21.9 Å². The Bertz CT molecular complexity index is 701. The summed E-state index contributed by atoms with van der Waals surface area (Å²) in [6.45, 7) is 1.17. The molecule has 0 saturated carbocycles. The second-order valence-corrected chi connectivity index (χ2v) is 6.01. The maximum atomic E-state index is 12.3. The molecule has 0 spiro atoms. The van der Waals surface area contributed by atoms with Crippen LogP contribution < -0.4 is 0 Å². The standard InChI is InChI=1S/C12H11F3N2O4S/c1-8(18)17-10(9-5-3-2-4-6-9)7-11(16-17)21-22(19,20)12(13,14)15/h2-6,10H,7H2,1H3. The Kier molecular flexibility index (Phi) is 4.14. The van der Waals surface area contributed by atoms with Crippen molar-refractivity contribution in [3.63, 3.8) is 0 Å². The van der Waals surface area contributed by atoms with Crippen molar-refractivity contribution < 1.29 is 30.6 Å². The first-order valence-corrected chi connectivity index (χ1v) is 7.45. The predicted molar refractivity (Wildman–Crippen MR) is 69.8 cm³/mol. The van der Waals surface area contributed by atoms with E-state index in [4.69, 9.17) is 0 Å². The van der Waals surface area contributed by atoms with Crippen molar-refractivity contribution in [1.82, 2.24) is 5.01 Å². The summed E-state index contributed by atoms with van der Waals surface area (Å²) in [6, 6.07) is 7.67. The number of carbonyl (C=O) groups excluding carboxylic acids is 1.